The lowest BCUT2D eigenvalue weighted by Gasteiger charge is -2.03. The van der Waals surface area contributed by atoms with Crippen molar-refractivity contribution in [3.63, 3.8) is 0 Å². The van der Waals surface area contributed by atoms with Crippen molar-refractivity contribution in [1.82, 2.24) is 5.43 Å². The fourth-order valence-electron chi connectivity index (χ4n) is 1.23. The molecule has 1 aromatic rings. The van der Waals surface area contributed by atoms with Crippen molar-refractivity contribution < 1.29 is 13.9 Å². The average molecular weight is 224 g/mol. The van der Waals surface area contributed by atoms with Gasteiger partial charge in [0.2, 0.25) is 0 Å². The maximum atomic E-state index is 11.2. The van der Waals surface area contributed by atoms with E-state index in [9.17, 15) is 4.79 Å². The SMILES string of the molecule is C=CCCCOCc1ccoc1C(=O)NN. The number of hydrogen-bond acceptors (Lipinski definition) is 4. The van der Waals surface area contributed by atoms with E-state index in [1.807, 2.05) is 11.5 Å². The van der Waals surface area contributed by atoms with E-state index in [2.05, 4.69) is 6.58 Å². The van der Waals surface area contributed by atoms with Crippen LogP contribution in [0.5, 0.6) is 0 Å². The summed E-state index contributed by atoms with van der Waals surface area (Å²) >= 11 is 0. The molecule has 0 aliphatic heterocycles. The molecule has 0 unspecified atom stereocenters. The number of carbonyl (C=O) groups is 1. The Hall–Kier alpha value is -1.59. The Labute approximate surface area is 94.2 Å². The first-order valence-electron chi connectivity index (χ1n) is 5.05. The van der Waals surface area contributed by atoms with Crippen molar-refractivity contribution in [3.05, 3.63) is 36.3 Å². The molecule has 88 valence electrons. The van der Waals surface area contributed by atoms with E-state index in [0.717, 1.165) is 12.8 Å². The minimum atomic E-state index is -0.449. The van der Waals surface area contributed by atoms with Crippen LogP contribution in [0.2, 0.25) is 0 Å². The maximum Gasteiger partial charge on any atom is 0.301 e. The zero-order chi connectivity index (χ0) is 11.8. The van der Waals surface area contributed by atoms with Crippen LogP contribution in [0.15, 0.2) is 29.4 Å². The van der Waals surface area contributed by atoms with Crippen LogP contribution in [0, 0.1) is 0 Å². The zero-order valence-electron chi connectivity index (χ0n) is 9.07. The van der Waals surface area contributed by atoms with Crippen molar-refractivity contribution in [2.45, 2.75) is 19.4 Å². The minimum absolute atomic E-state index is 0.200. The van der Waals surface area contributed by atoms with Crippen LogP contribution in [-0.4, -0.2) is 12.5 Å². The molecule has 1 rings (SSSR count). The van der Waals surface area contributed by atoms with Gasteiger partial charge >= 0.3 is 5.91 Å². The van der Waals surface area contributed by atoms with Gasteiger partial charge in [-0.1, -0.05) is 6.08 Å². The molecular formula is C11H16N2O3. The average Bonchev–Trinajstić information content (AvgIpc) is 2.76. The normalized spacial score (nSPS) is 10.1. The van der Waals surface area contributed by atoms with E-state index in [0.29, 0.717) is 18.8 Å². The predicted molar refractivity (Wildman–Crippen MR) is 59.4 cm³/mol. The van der Waals surface area contributed by atoms with Crippen molar-refractivity contribution in [2.75, 3.05) is 6.61 Å². The Kier molecular flexibility index (Phi) is 5.31. The summed E-state index contributed by atoms with van der Waals surface area (Å²) in [5.74, 6) is 4.77. The number of hydrazine groups is 1. The maximum absolute atomic E-state index is 11.2. The Bertz CT molecular complexity index is 347. The van der Waals surface area contributed by atoms with Crippen LogP contribution in [0.4, 0.5) is 0 Å². The summed E-state index contributed by atoms with van der Waals surface area (Å²) in [4.78, 5) is 11.2. The minimum Gasteiger partial charge on any atom is -0.459 e. The van der Waals surface area contributed by atoms with Crippen LogP contribution in [-0.2, 0) is 11.3 Å². The summed E-state index contributed by atoms with van der Waals surface area (Å²) in [6.07, 6.45) is 5.11. The molecule has 0 saturated carbocycles. The van der Waals surface area contributed by atoms with Gasteiger partial charge in [0.15, 0.2) is 5.76 Å². The molecule has 1 aromatic heterocycles. The van der Waals surface area contributed by atoms with Crippen molar-refractivity contribution in [2.24, 2.45) is 5.84 Å². The van der Waals surface area contributed by atoms with Gasteiger partial charge in [-0.25, -0.2) is 5.84 Å². The molecule has 0 spiro atoms. The van der Waals surface area contributed by atoms with Gasteiger partial charge in [0.05, 0.1) is 12.9 Å². The number of hydrogen-bond donors (Lipinski definition) is 2. The van der Waals surface area contributed by atoms with E-state index >= 15 is 0 Å². The molecule has 5 nitrogen and oxygen atoms in total. The zero-order valence-corrected chi connectivity index (χ0v) is 9.07. The molecule has 0 aliphatic rings. The van der Waals surface area contributed by atoms with E-state index in [1.165, 1.54) is 6.26 Å². The molecule has 3 N–H and O–H groups in total. The molecule has 0 saturated heterocycles. The molecule has 16 heavy (non-hydrogen) atoms. The highest BCUT2D eigenvalue weighted by atomic mass is 16.5. The summed E-state index contributed by atoms with van der Waals surface area (Å²) in [5, 5.41) is 0. The molecule has 0 aliphatic carbocycles. The highest BCUT2D eigenvalue weighted by Gasteiger charge is 2.13. The molecular weight excluding hydrogens is 208 g/mol. The highest BCUT2D eigenvalue weighted by molar-refractivity contribution is 5.92. The fraction of sp³-hybridized carbons (Fsp3) is 0.364. The third kappa shape index (κ3) is 3.52. The Balaban J connectivity index is 2.39. The van der Waals surface area contributed by atoms with Gasteiger partial charge in [-0.15, -0.1) is 6.58 Å². The molecule has 0 atom stereocenters. The summed E-state index contributed by atoms with van der Waals surface area (Å²) in [5.41, 5.74) is 2.71. The summed E-state index contributed by atoms with van der Waals surface area (Å²) in [6.45, 7) is 4.59. The van der Waals surface area contributed by atoms with Gasteiger partial charge < -0.3 is 9.15 Å². The first-order valence-corrected chi connectivity index (χ1v) is 5.05. The summed E-state index contributed by atoms with van der Waals surface area (Å²) < 4.78 is 10.4. The van der Waals surface area contributed by atoms with Crippen LogP contribution in [0.3, 0.4) is 0 Å². The number of amides is 1. The van der Waals surface area contributed by atoms with Crippen LogP contribution in [0.1, 0.15) is 29.0 Å². The second-order valence-corrected chi connectivity index (χ2v) is 3.23. The van der Waals surface area contributed by atoms with E-state index in [-0.39, 0.29) is 5.76 Å². The van der Waals surface area contributed by atoms with Gasteiger partial charge in [0.25, 0.3) is 0 Å². The second kappa shape index (κ2) is 6.81. The summed E-state index contributed by atoms with van der Waals surface area (Å²) in [7, 11) is 0. The Morgan fingerprint density at radius 3 is 3.19 bits per heavy atom. The van der Waals surface area contributed by atoms with Crippen LogP contribution >= 0.6 is 0 Å². The summed E-state index contributed by atoms with van der Waals surface area (Å²) in [6, 6.07) is 1.69. The Morgan fingerprint density at radius 1 is 1.69 bits per heavy atom. The number of unbranched alkanes of at least 4 members (excludes halogenated alkanes) is 1. The lowest BCUT2D eigenvalue weighted by Crippen LogP contribution is -2.30. The molecule has 0 aromatic carbocycles. The van der Waals surface area contributed by atoms with E-state index < -0.39 is 5.91 Å². The Morgan fingerprint density at radius 2 is 2.50 bits per heavy atom. The van der Waals surface area contributed by atoms with Crippen LogP contribution < -0.4 is 11.3 Å². The highest BCUT2D eigenvalue weighted by Crippen LogP contribution is 2.11. The van der Waals surface area contributed by atoms with Crippen molar-refractivity contribution in [3.8, 4) is 0 Å². The number of nitrogens with one attached hydrogen (secondary N) is 1. The predicted octanol–water partition coefficient (Wildman–Crippen LogP) is 1.37. The lowest BCUT2D eigenvalue weighted by molar-refractivity contribution is 0.0907. The quantitative estimate of drug-likeness (QED) is 0.241. The van der Waals surface area contributed by atoms with Gasteiger partial charge in [-0.3, -0.25) is 10.2 Å². The molecule has 0 radical (unpaired) electrons. The van der Waals surface area contributed by atoms with Gasteiger partial charge in [0, 0.05) is 12.2 Å². The third-order valence-corrected chi connectivity index (χ3v) is 2.04. The van der Waals surface area contributed by atoms with Crippen LogP contribution in [0.25, 0.3) is 0 Å². The lowest BCUT2D eigenvalue weighted by atomic mass is 10.2. The first-order chi connectivity index (χ1) is 7.79. The standard InChI is InChI=1S/C11H16N2O3/c1-2-3-4-6-15-8-9-5-7-16-10(9)11(14)13-12/h2,5,7H,1,3-4,6,8,12H2,(H,13,14). The largest absolute Gasteiger partial charge is 0.459 e. The van der Waals surface area contributed by atoms with Gasteiger partial charge in [-0.05, 0) is 18.9 Å². The number of nitrogen functional groups attached to an aromatic ring is 1. The number of furan rings is 1. The number of rotatable bonds is 7. The topological polar surface area (TPSA) is 77.5 Å². The van der Waals surface area contributed by atoms with E-state index in [4.69, 9.17) is 15.0 Å². The molecule has 1 heterocycles. The number of allylic oxidation sites excluding steroid dienone is 1. The molecule has 5 heteroatoms. The first kappa shape index (κ1) is 12.5. The molecule has 0 bridgehead atoms. The molecule has 1 amide bonds. The van der Waals surface area contributed by atoms with Gasteiger partial charge in [0.1, 0.15) is 0 Å². The number of ether oxygens (including phenoxy) is 1. The monoisotopic (exact) mass is 224 g/mol. The van der Waals surface area contributed by atoms with Gasteiger partial charge in [-0.2, -0.15) is 0 Å². The van der Waals surface area contributed by atoms with E-state index in [1.54, 1.807) is 6.07 Å². The third-order valence-electron chi connectivity index (χ3n) is 2.04. The second-order valence-electron chi connectivity index (χ2n) is 3.23. The van der Waals surface area contributed by atoms with Crippen molar-refractivity contribution >= 4 is 5.91 Å². The molecule has 0 fully saturated rings. The van der Waals surface area contributed by atoms with Crippen molar-refractivity contribution in [1.29, 1.82) is 0 Å². The smallest absolute Gasteiger partial charge is 0.301 e. The number of carbonyl (C=O) groups excluding carboxylic acids is 1. The fourth-order valence-corrected chi connectivity index (χ4v) is 1.23. The number of nitrogens with two attached hydrogens (primary N) is 1.